The molecule has 0 atom stereocenters. The average molecular weight is 355 g/mol. The molecular formula is C17H16F3NO4. The minimum Gasteiger partial charge on any atom is -0.497 e. The molecule has 5 nitrogen and oxygen atoms in total. The summed E-state index contributed by atoms with van der Waals surface area (Å²) >= 11 is 0. The van der Waals surface area contributed by atoms with E-state index < -0.39 is 18.0 Å². The van der Waals surface area contributed by atoms with E-state index in [9.17, 15) is 18.0 Å². The Morgan fingerprint density at radius 3 is 2.40 bits per heavy atom. The number of anilines is 1. The van der Waals surface area contributed by atoms with Crippen LogP contribution in [-0.4, -0.2) is 26.5 Å². The number of carbonyl (C=O) groups is 1. The number of rotatable bonds is 6. The Hall–Kier alpha value is -2.90. The fourth-order valence-corrected chi connectivity index (χ4v) is 2.17. The van der Waals surface area contributed by atoms with Gasteiger partial charge in [0.1, 0.15) is 11.5 Å². The highest BCUT2D eigenvalue weighted by atomic mass is 19.4. The maximum atomic E-state index is 12.4. The molecule has 134 valence electrons. The normalized spacial score (nSPS) is 10.9. The van der Waals surface area contributed by atoms with Crippen LogP contribution in [0.2, 0.25) is 0 Å². The summed E-state index contributed by atoms with van der Waals surface area (Å²) in [6.07, 6.45) is -4.96. The molecule has 0 radical (unpaired) electrons. The molecule has 25 heavy (non-hydrogen) atoms. The predicted molar refractivity (Wildman–Crippen MR) is 85.0 cm³/mol. The molecule has 2 rings (SSSR count). The van der Waals surface area contributed by atoms with Crippen LogP contribution in [-0.2, 0) is 11.2 Å². The standard InChI is InChI=1S/C17H16F3NO4/c1-23-12-7-8-14(24-2)11(9-12)10-16(22)21-13-5-3-4-6-15(13)25-17(18,19)20/h3-9H,10H2,1-2H3,(H,21,22). The number of alkyl halides is 3. The van der Waals surface area contributed by atoms with Crippen molar-refractivity contribution in [3.63, 3.8) is 0 Å². The van der Waals surface area contributed by atoms with Gasteiger partial charge in [0.25, 0.3) is 0 Å². The molecule has 0 aliphatic rings. The number of halogens is 3. The molecule has 0 fully saturated rings. The fourth-order valence-electron chi connectivity index (χ4n) is 2.17. The maximum Gasteiger partial charge on any atom is 0.573 e. The van der Waals surface area contributed by atoms with Crippen molar-refractivity contribution < 1.29 is 32.2 Å². The van der Waals surface area contributed by atoms with Crippen molar-refractivity contribution in [1.82, 2.24) is 0 Å². The SMILES string of the molecule is COc1ccc(OC)c(CC(=O)Nc2ccccc2OC(F)(F)F)c1. The van der Waals surface area contributed by atoms with Gasteiger partial charge in [-0.2, -0.15) is 0 Å². The number of para-hydroxylation sites is 2. The first-order valence-electron chi connectivity index (χ1n) is 7.18. The Balaban J connectivity index is 2.16. The molecule has 0 aliphatic carbocycles. The molecule has 2 aromatic carbocycles. The van der Waals surface area contributed by atoms with Crippen molar-refractivity contribution in [2.45, 2.75) is 12.8 Å². The fraction of sp³-hybridized carbons (Fsp3) is 0.235. The van der Waals surface area contributed by atoms with Crippen molar-refractivity contribution in [3.05, 3.63) is 48.0 Å². The largest absolute Gasteiger partial charge is 0.573 e. The first-order chi connectivity index (χ1) is 11.8. The lowest BCUT2D eigenvalue weighted by molar-refractivity contribution is -0.274. The number of carbonyl (C=O) groups excluding carboxylic acids is 1. The van der Waals surface area contributed by atoms with E-state index in [-0.39, 0.29) is 12.1 Å². The molecule has 0 unspecified atom stereocenters. The van der Waals surface area contributed by atoms with Crippen LogP contribution < -0.4 is 19.5 Å². The van der Waals surface area contributed by atoms with Crippen LogP contribution >= 0.6 is 0 Å². The molecule has 0 aliphatic heterocycles. The molecule has 0 saturated carbocycles. The molecule has 0 heterocycles. The Morgan fingerprint density at radius 2 is 1.76 bits per heavy atom. The van der Waals surface area contributed by atoms with Crippen molar-refractivity contribution >= 4 is 11.6 Å². The van der Waals surface area contributed by atoms with E-state index in [1.54, 1.807) is 18.2 Å². The number of methoxy groups -OCH3 is 2. The van der Waals surface area contributed by atoms with E-state index in [1.165, 1.54) is 32.4 Å². The second-order valence-electron chi connectivity index (χ2n) is 4.95. The molecule has 1 amide bonds. The van der Waals surface area contributed by atoms with Gasteiger partial charge < -0.3 is 19.5 Å². The van der Waals surface area contributed by atoms with Gasteiger partial charge in [0, 0.05) is 5.56 Å². The van der Waals surface area contributed by atoms with Crippen LogP contribution in [0.15, 0.2) is 42.5 Å². The van der Waals surface area contributed by atoms with Crippen LogP contribution in [0.3, 0.4) is 0 Å². The zero-order valence-corrected chi connectivity index (χ0v) is 13.5. The number of nitrogens with one attached hydrogen (secondary N) is 1. The zero-order valence-electron chi connectivity index (χ0n) is 13.5. The highest BCUT2D eigenvalue weighted by Gasteiger charge is 2.32. The maximum absolute atomic E-state index is 12.4. The lowest BCUT2D eigenvalue weighted by Crippen LogP contribution is -2.20. The second kappa shape index (κ2) is 7.78. The van der Waals surface area contributed by atoms with E-state index in [2.05, 4.69) is 10.1 Å². The summed E-state index contributed by atoms with van der Waals surface area (Å²) < 4.78 is 51.4. The quantitative estimate of drug-likeness (QED) is 0.857. The van der Waals surface area contributed by atoms with Gasteiger partial charge in [0.2, 0.25) is 5.91 Å². The number of hydrogen-bond donors (Lipinski definition) is 1. The Kier molecular flexibility index (Phi) is 5.74. The smallest absolute Gasteiger partial charge is 0.497 e. The number of benzene rings is 2. The summed E-state index contributed by atoms with van der Waals surface area (Å²) in [4.78, 5) is 12.2. The minimum atomic E-state index is -4.85. The summed E-state index contributed by atoms with van der Waals surface area (Å²) in [5.74, 6) is -0.00841. The van der Waals surface area contributed by atoms with E-state index in [1.807, 2.05) is 0 Å². The third-order valence-electron chi connectivity index (χ3n) is 3.23. The summed E-state index contributed by atoms with van der Waals surface area (Å²) in [7, 11) is 2.94. The summed E-state index contributed by atoms with van der Waals surface area (Å²) in [6.45, 7) is 0. The molecule has 0 saturated heterocycles. The number of ether oxygens (including phenoxy) is 3. The Bertz CT molecular complexity index is 747. The predicted octanol–water partition coefficient (Wildman–Crippen LogP) is 3.78. The first-order valence-corrected chi connectivity index (χ1v) is 7.18. The van der Waals surface area contributed by atoms with Crippen molar-refractivity contribution in [2.75, 3.05) is 19.5 Å². The molecule has 8 heteroatoms. The van der Waals surface area contributed by atoms with Crippen LogP contribution in [0.5, 0.6) is 17.2 Å². The van der Waals surface area contributed by atoms with Gasteiger partial charge in [0.05, 0.1) is 26.3 Å². The van der Waals surface area contributed by atoms with Gasteiger partial charge in [-0.05, 0) is 30.3 Å². The monoisotopic (exact) mass is 355 g/mol. The van der Waals surface area contributed by atoms with Crippen LogP contribution in [0.25, 0.3) is 0 Å². The molecular weight excluding hydrogens is 339 g/mol. The van der Waals surface area contributed by atoms with Gasteiger partial charge in [-0.25, -0.2) is 0 Å². The molecule has 0 aromatic heterocycles. The number of hydrogen-bond acceptors (Lipinski definition) is 4. The van der Waals surface area contributed by atoms with Crippen LogP contribution in [0, 0.1) is 0 Å². The van der Waals surface area contributed by atoms with Crippen molar-refractivity contribution in [2.24, 2.45) is 0 Å². The van der Waals surface area contributed by atoms with E-state index >= 15 is 0 Å². The minimum absolute atomic E-state index is 0.0771. The van der Waals surface area contributed by atoms with E-state index in [0.717, 1.165) is 6.07 Å². The third-order valence-corrected chi connectivity index (χ3v) is 3.23. The Morgan fingerprint density at radius 1 is 1.04 bits per heavy atom. The van der Waals surface area contributed by atoms with E-state index in [0.29, 0.717) is 17.1 Å². The molecule has 0 bridgehead atoms. The lowest BCUT2D eigenvalue weighted by atomic mass is 10.1. The van der Waals surface area contributed by atoms with Crippen LogP contribution in [0.1, 0.15) is 5.56 Å². The summed E-state index contributed by atoms with van der Waals surface area (Å²) in [5.41, 5.74) is 0.459. The Labute approximate surface area is 142 Å². The van der Waals surface area contributed by atoms with Crippen LogP contribution in [0.4, 0.5) is 18.9 Å². The topological polar surface area (TPSA) is 56.8 Å². The highest BCUT2D eigenvalue weighted by Crippen LogP contribution is 2.30. The molecule has 2 aromatic rings. The number of amides is 1. The summed E-state index contributed by atoms with van der Waals surface area (Å²) in [5, 5.41) is 2.41. The zero-order chi connectivity index (χ0) is 18.4. The third kappa shape index (κ3) is 5.30. The molecule has 0 spiro atoms. The van der Waals surface area contributed by atoms with Gasteiger partial charge in [-0.3, -0.25) is 4.79 Å². The van der Waals surface area contributed by atoms with Gasteiger partial charge in [-0.1, -0.05) is 12.1 Å². The van der Waals surface area contributed by atoms with Crippen molar-refractivity contribution in [3.8, 4) is 17.2 Å². The second-order valence-corrected chi connectivity index (χ2v) is 4.95. The lowest BCUT2D eigenvalue weighted by Gasteiger charge is -2.14. The van der Waals surface area contributed by atoms with Crippen molar-refractivity contribution in [1.29, 1.82) is 0 Å². The first kappa shape index (κ1) is 18.4. The summed E-state index contributed by atoms with van der Waals surface area (Å²) in [6, 6.07) is 10.2. The van der Waals surface area contributed by atoms with E-state index in [4.69, 9.17) is 9.47 Å². The van der Waals surface area contributed by atoms with Gasteiger partial charge >= 0.3 is 6.36 Å². The average Bonchev–Trinajstić information content (AvgIpc) is 2.55. The van der Waals surface area contributed by atoms with Gasteiger partial charge in [-0.15, -0.1) is 13.2 Å². The van der Waals surface area contributed by atoms with Gasteiger partial charge in [0.15, 0.2) is 5.75 Å². The molecule has 1 N–H and O–H groups in total. The highest BCUT2D eigenvalue weighted by molar-refractivity contribution is 5.94.